The Hall–Kier alpha value is -1.89. The SMILES string of the molecule is CC(=O)Nc1ccc(C(=O)N2CCCC2CC(=O)O)s1. The van der Waals surface area contributed by atoms with Crippen molar-refractivity contribution in [2.45, 2.75) is 32.2 Å². The summed E-state index contributed by atoms with van der Waals surface area (Å²) in [6.07, 6.45) is 1.53. The van der Waals surface area contributed by atoms with Crippen molar-refractivity contribution in [2.24, 2.45) is 0 Å². The first kappa shape index (κ1) is 14.5. The zero-order valence-electron chi connectivity index (χ0n) is 11.1. The minimum Gasteiger partial charge on any atom is -0.481 e. The number of carboxylic acid groups (broad SMARTS) is 1. The van der Waals surface area contributed by atoms with E-state index in [2.05, 4.69) is 5.32 Å². The van der Waals surface area contributed by atoms with Gasteiger partial charge in [0.05, 0.1) is 16.3 Å². The number of carboxylic acids is 1. The van der Waals surface area contributed by atoms with E-state index in [1.807, 2.05) is 0 Å². The van der Waals surface area contributed by atoms with Gasteiger partial charge in [-0.05, 0) is 25.0 Å². The average molecular weight is 296 g/mol. The molecule has 0 spiro atoms. The number of aliphatic carboxylic acids is 1. The van der Waals surface area contributed by atoms with E-state index in [4.69, 9.17) is 5.11 Å². The Balaban J connectivity index is 2.08. The summed E-state index contributed by atoms with van der Waals surface area (Å²) in [6.45, 7) is 1.99. The number of anilines is 1. The molecule has 7 heteroatoms. The molecule has 0 aromatic carbocycles. The molecule has 0 bridgehead atoms. The van der Waals surface area contributed by atoms with Crippen LogP contribution in [-0.2, 0) is 9.59 Å². The molecule has 0 radical (unpaired) electrons. The standard InChI is InChI=1S/C13H16N2O4S/c1-8(16)14-11-5-4-10(20-11)13(19)15-6-2-3-9(15)7-12(17)18/h4-5,9H,2-3,6-7H2,1H3,(H,14,16)(H,17,18). The molecule has 0 aliphatic carbocycles. The molecule has 2 rings (SSSR count). The van der Waals surface area contributed by atoms with Crippen molar-refractivity contribution >= 4 is 34.1 Å². The normalized spacial score (nSPS) is 18.1. The summed E-state index contributed by atoms with van der Waals surface area (Å²) in [6, 6.07) is 3.11. The Morgan fingerprint density at radius 1 is 1.45 bits per heavy atom. The topological polar surface area (TPSA) is 86.7 Å². The van der Waals surface area contributed by atoms with Crippen molar-refractivity contribution in [1.82, 2.24) is 4.90 Å². The number of likely N-dealkylation sites (tertiary alicyclic amines) is 1. The second kappa shape index (κ2) is 6.04. The maximum atomic E-state index is 12.4. The van der Waals surface area contributed by atoms with Gasteiger partial charge >= 0.3 is 5.97 Å². The molecule has 1 aliphatic rings. The summed E-state index contributed by atoms with van der Waals surface area (Å²) in [5.74, 6) is -1.23. The highest BCUT2D eigenvalue weighted by molar-refractivity contribution is 7.18. The van der Waals surface area contributed by atoms with E-state index in [1.54, 1.807) is 17.0 Å². The smallest absolute Gasteiger partial charge is 0.305 e. The molecule has 20 heavy (non-hydrogen) atoms. The molecule has 0 saturated carbocycles. The van der Waals surface area contributed by atoms with Crippen LogP contribution >= 0.6 is 11.3 Å². The van der Waals surface area contributed by atoms with Crippen molar-refractivity contribution < 1.29 is 19.5 Å². The third-order valence-electron chi connectivity index (χ3n) is 3.16. The maximum Gasteiger partial charge on any atom is 0.305 e. The third-order valence-corrected chi connectivity index (χ3v) is 4.15. The second-order valence-corrected chi connectivity index (χ2v) is 5.82. The van der Waals surface area contributed by atoms with Gasteiger partial charge in [-0.3, -0.25) is 14.4 Å². The van der Waals surface area contributed by atoms with Crippen LogP contribution in [0.5, 0.6) is 0 Å². The van der Waals surface area contributed by atoms with Crippen molar-refractivity contribution in [1.29, 1.82) is 0 Å². The lowest BCUT2D eigenvalue weighted by Gasteiger charge is -2.22. The number of hydrogen-bond acceptors (Lipinski definition) is 4. The minimum atomic E-state index is -0.889. The molecule has 2 N–H and O–H groups in total. The summed E-state index contributed by atoms with van der Waals surface area (Å²) in [7, 11) is 0. The summed E-state index contributed by atoms with van der Waals surface area (Å²) < 4.78 is 0. The number of hydrogen-bond donors (Lipinski definition) is 2. The van der Waals surface area contributed by atoms with Crippen LogP contribution < -0.4 is 5.32 Å². The number of carbonyl (C=O) groups is 3. The Morgan fingerprint density at radius 2 is 2.20 bits per heavy atom. The van der Waals surface area contributed by atoms with E-state index in [0.717, 1.165) is 12.8 Å². The number of nitrogens with zero attached hydrogens (tertiary/aromatic N) is 1. The van der Waals surface area contributed by atoms with Gasteiger partial charge in [0.2, 0.25) is 5.91 Å². The molecule has 1 aromatic rings. The van der Waals surface area contributed by atoms with Crippen LogP contribution in [0.25, 0.3) is 0 Å². The number of amides is 2. The third kappa shape index (κ3) is 3.36. The van der Waals surface area contributed by atoms with Crippen molar-refractivity contribution in [3.8, 4) is 0 Å². The van der Waals surface area contributed by atoms with E-state index in [0.29, 0.717) is 16.4 Å². The predicted octanol–water partition coefficient (Wildman–Crippen LogP) is 1.79. The van der Waals surface area contributed by atoms with Crippen LogP contribution in [0, 0.1) is 0 Å². The van der Waals surface area contributed by atoms with E-state index in [-0.39, 0.29) is 24.3 Å². The lowest BCUT2D eigenvalue weighted by molar-refractivity contribution is -0.138. The van der Waals surface area contributed by atoms with Crippen LogP contribution in [0.3, 0.4) is 0 Å². The second-order valence-electron chi connectivity index (χ2n) is 4.74. The molecule has 2 heterocycles. The Morgan fingerprint density at radius 3 is 2.85 bits per heavy atom. The monoisotopic (exact) mass is 296 g/mol. The van der Waals surface area contributed by atoms with Gasteiger partial charge in [0, 0.05) is 19.5 Å². The fraction of sp³-hybridized carbons (Fsp3) is 0.462. The Kier molecular flexibility index (Phi) is 4.39. The highest BCUT2D eigenvalue weighted by atomic mass is 32.1. The fourth-order valence-corrected chi connectivity index (χ4v) is 3.26. The summed E-state index contributed by atoms with van der Waals surface area (Å²) in [5, 5.41) is 12.1. The minimum absolute atomic E-state index is 0.0182. The number of thiophene rings is 1. The molecule has 6 nitrogen and oxygen atoms in total. The first-order valence-corrected chi connectivity index (χ1v) is 7.19. The quantitative estimate of drug-likeness (QED) is 0.886. The molecule has 1 aromatic heterocycles. The molecule has 1 fully saturated rings. The highest BCUT2D eigenvalue weighted by Gasteiger charge is 2.31. The van der Waals surface area contributed by atoms with E-state index >= 15 is 0 Å². The Labute approximate surface area is 120 Å². The van der Waals surface area contributed by atoms with Crippen molar-refractivity contribution in [3.05, 3.63) is 17.0 Å². The number of rotatable bonds is 4. The average Bonchev–Trinajstić information content (AvgIpc) is 2.96. The largest absolute Gasteiger partial charge is 0.481 e. The van der Waals surface area contributed by atoms with Crippen LogP contribution in [0.15, 0.2) is 12.1 Å². The zero-order chi connectivity index (χ0) is 14.7. The number of carbonyl (C=O) groups excluding carboxylic acids is 2. The summed E-state index contributed by atoms with van der Waals surface area (Å²) >= 11 is 1.21. The summed E-state index contributed by atoms with van der Waals surface area (Å²) in [4.78, 5) is 36.3. The van der Waals surface area contributed by atoms with Gasteiger partial charge in [0.1, 0.15) is 0 Å². The first-order valence-electron chi connectivity index (χ1n) is 6.37. The highest BCUT2D eigenvalue weighted by Crippen LogP contribution is 2.27. The maximum absolute atomic E-state index is 12.4. The number of nitrogens with one attached hydrogen (secondary N) is 1. The van der Waals surface area contributed by atoms with E-state index in [9.17, 15) is 14.4 Å². The molecular weight excluding hydrogens is 280 g/mol. The van der Waals surface area contributed by atoms with Gasteiger partial charge < -0.3 is 15.3 Å². The molecule has 2 amide bonds. The van der Waals surface area contributed by atoms with Gasteiger partial charge in [0.15, 0.2) is 0 Å². The van der Waals surface area contributed by atoms with Gasteiger partial charge in [-0.15, -0.1) is 11.3 Å². The zero-order valence-corrected chi connectivity index (χ0v) is 11.9. The van der Waals surface area contributed by atoms with E-state index in [1.165, 1.54) is 18.3 Å². The summed E-state index contributed by atoms with van der Waals surface area (Å²) in [5.41, 5.74) is 0. The molecule has 1 saturated heterocycles. The molecule has 1 aliphatic heterocycles. The molecule has 1 atom stereocenters. The molecular formula is C13H16N2O4S. The van der Waals surface area contributed by atoms with Gasteiger partial charge in [-0.25, -0.2) is 0 Å². The van der Waals surface area contributed by atoms with Crippen LogP contribution in [-0.4, -0.2) is 40.4 Å². The Bertz CT molecular complexity index is 540. The molecule has 1 unspecified atom stereocenters. The predicted molar refractivity (Wildman–Crippen MR) is 74.9 cm³/mol. The molecule has 108 valence electrons. The van der Waals surface area contributed by atoms with E-state index < -0.39 is 5.97 Å². The van der Waals surface area contributed by atoms with Crippen molar-refractivity contribution in [2.75, 3.05) is 11.9 Å². The lowest BCUT2D eigenvalue weighted by atomic mass is 10.1. The van der Waals surface area contributed by atoms with Crippen LogP contribution in [0.2, 0.25) is 0 Å². The lowest BCUT2D eigenvalue weighted by Crippen LogP contribution is -2.36. The van der Waals surface area contributed by atoms with Gasteiger partial charge in [0.25, 0.3) is 5.91 Å². The van der Waals surface area contributed by atoms with Crippen molar-refractivity contribution in [3.63, 3.8) is 0 Å². The fourth-order valence-electron chi connectivity index (χ4n) is 2.35. The van der Waals surface area contributed by atoms with Crippen LogP contribution in [0.4, 0.5) is 5.00 Å². The van der Waals surface area contributed by atoms with Gasteiger partial charge in [-0.1, -0.05) is 0 Å². The van der Waals surface area contributed by atoms with Gasteiger partial charge in [-0.2, -0.15) is 0 Å². The van der Waals surface area contributed by atoms with Crippen LogP contribution in [0.1, 0.15) is 35.9 Å². The first-order chi connectivity index (χ1) is 9.47.